The number of nitrogens with zero attached hydrogens (tertiary/aromatic N) is 2. The van der Waals surface area contributed by atoms with E-state index in [1.807, 2.05) is 66.7 Å². The Hall–Kier alpha value is -3.91. The van der Waals surface area contributed by atoms with E-state index in [2.05, 4.69) is 0 Å². The van der Waals surface area contributed by atoms with Gasteiger partial charge >= 0.3 is 5.97 Å². The molecule has 0 radical (unpaired) electrons. The van der Waals surface area contributed by atoms with Crippen LogP contribution in [0.2, 0.25) is 0 Å². The van der Waals surface area contributed by atoms with E-state index in [0.717, 1.165) is 11.1 Å². The van der Waals surface area contributed by atoms with Crippen molar-refractivity contribution in [2.75, 3.05) is 0 Å². The van der Waals surface area contributed by atoms with Gasteiger partial charge in [0.2, 0.25) is 0 Å². The predicted molar refractivity (Wildman–Crippen MR) is 113 cm³/mol. The molecule has 0 fully saturated rings. The minimum Gasteiger partial charge on any atom is -0.449 e. The molecule has 0 aromatic heterocycles. The third-order valence-electron chi connectivity index (χ3n) is 4.63. The van der Waals surface area contributed by atoms with E-state index in [9.17, 15) is 9.59 Å². The fourth-order valence-corrected chi connectivity index (χ4v) is 3.04. The first-order valence-corrected chi connectivity index (χ1v) is 9.64. The Morgan fingerprint density at radius 3 is 1.83 bits per heavy atom. The van der Waals surface area contributed by atoms with Crippen LogP contribution in [0.25, 0.3) is 0 Å². The first-order valence-electron chi connectivity index (χ1n) is 9.64. The summed E-state index contributed by atoms with van der Waals surface area (Å²) in [5.41, 5.74) is 2.73. The zero-order valence-electron chi connectivity index (χ0n) is 16.7. The normalized spacial score (nSPS) is 11.2. The monoisotopic (exact) mass is 398 g/mol. The van der Waals surface area contributed by atoms with Gasteiger partial charge in [-0.2, -0.15) is 5.26 Å². The van der Waals surface area contributed by atoms with Crippen LogP contribution in [-0.4, -0.2) is 22.9 Å². The second kappa shape index (κ2) is 10.0. The molecule has 3 aromatic carbocycles. The molecule has 1 amide bonds. The molecule has 0 unspecified atom stereocenters. The van der Waals surface area contributed by atoms with Crippen LogP contribution in [0.15, 0.2) is 84.9 Å². The highest BCUT2D eigenvalue weighted by atomic mass is 16.5. The Morgan fingerprint density at radius 2 is 1.37 bits per heavy atom. The molecule has 5 heteroatoms. The number of benzene rings is 3. The zero-order valence-corrected chi connectivity index (χ0v) is 16.7. The lowest BCUT2D eigenvalue weighted by molar-refractivity contribution is -0.141. The molecule has 3 rings (SSSR count). The van der Waals surface area contributed by atoms with E-state index in [0.29, 0.717) is 24.2 Å². The Morgan fingerprint density at radius 1 is 0.867 bits per heavy atom. The van der Waals surface area contributed by atoms with Crippen LogP contribution in [0.4, 0.5) is 0 Å². The van der Waals surface area contributed by atoms with Crippen LogP contribution in [0.5, 0.6) is 0 Å². The lowest BCUT2D eigenvalue weighted by atomic mass is 10.1. The van der Waals surface area contributed by atoms with E-state index in [1.54, 1.807) is 24.0 Å². The molecule has 30 heavy (non-hydrogen) atoms. The van der Waals surface area contributed by atoms with Gasteiger partial charge in [0.05, 0.1) is 17.2 Å². The molecule has 0 saturated heterocycles. The highest BCUT2D eigenvalue weighted by Crippen LogP contribution is 2.14. The quantitative estimate of drug-likeness (QED) is 0.556. The first-order chi connectivity index (χ1) is 14.6. The maximum Gasteiger partial charge on any atom is 0.338 e. The number of hydrogen-bond acceptors (Lipinski definition) is 4. The number of amides is 1. The Bertz CT molecular complexity index is 984. The molecule has 0 bridgehead atoms. The number of nitriles is 1. The minimum absolute atomic E-state index is 0.273. The molecule has 150 valence electrons. The van der Waals surface area contributed by atoms with Gasteiger partial charge in [-0.25, -0.2) is 4.79 Å². The fraction of sp³-hybridized carbons (Fsp3) is 0.160. The summed E-state index contributed by atoms with van der Waals surface area (Å²) in [6.45, 7) is 2.40. The topological polar surface area (TPSA) is 70.4 Å². The second-order valence-corrected chi connectivity index (χ2v) is 6.90. The van der Waals surface area contributed by atoms with Gasteiger partial charge in [-0.15, -0.1) is 0 Å². The summed E-state index contributed by atoms with van der Waals surface area (Å²) < 4.78 is 5.42. The second-order valence-electron chi connectivity index (χ2n) is 6.90. The van der Waals surface area contributed by atoms with Gasteiger partial charge < -0.3 is 9.64 Å². The number of carbonyl (C=O) groups excluding carboxylic acids is 2. The summed E-state index contributed by atoms with van der Waals surface area (Å²) in [6, 6.07) is 27.5. The summed E-state index contributed by atoms with van der Waals surface area (Å²) in [5.74, 6) is -0.871. The van der Waals surface area contributed by atoms with Crippen LogP contribution >= 0.6 is 0 Å². The van der Waals surface area contributed by atoms with Crippen molar-refractivity contribution >= 4 is 11.9 Å². The lowest BCUT2D eigenvalue weighted by Crippen LogP contribution is -2.39. The van der Waals surface area contributed by atoms with Crippen molar-refractivity contribution in [2.24, 2.45) is 0 Å². The smallest absolute Gasteiger partial charge is 0.338 e. The summed E-state index contributed by atoms with van der Waals surface area (Å²) in [5, 5.41) is 8.87. The van der Waals surface area contributed by atoms with Gasteiger partial charge in [-0.05, 0) is 42.3 Å². The van der Waals surface area contributed by atoms with Gasteiger partial charge in [0.15, 0.2) is 6.10 Å². The van der Waals surface area contributed by atoms with Crippen molar-refractivity contribution in [3.8, 4) is 6.07 Å². The Labute approximate surface area is 176 Å². The van der Waals surface area contributed by atoms with Crippen LogP contribution in [0.1, 0.15) is 34.0 Å². The highest BCUT2D eigenvalue weighted by Gasteiger charge is 2.25. The van der Waals surface area contributed by atoms with Crippen LogP contribution in [0, 0.1) is 11.3 Å². The van der Waals surface area contributed by atoms with E-state index in [-0.39, 0.29) is 5.91 Å². The van der Waals surface area contributed by atoms with Gasteiger partial charge in [0, 0.05) is 13.1 Å². The fourth-order valence-electron chi connectivity index (χ4n) is 3.04. The minimum atomic E-state index is -0.944. The van der Waals surface area contributed by atoms with E-state index in [1.165, 1.54) is 12.1 Å². The molecule has 0 aliphatic heterocycles. The largest absolute Gasteiger partial charge is 0.449 e. The molecule has 3 aromatic rings. The summed E-state index contributed by atoms with van der Waals surface area (Å²) in [7, 11) is 0. The van der Waals surface area contributed by atoms with Gasteiger partial charge in [0.25, 0.3) is 5.91 Å². The van der Waals surface area contributed by atoms with E-state index < -0.39 is 12.1 Å². The van der Waals surface area contributed by atoms with Crippen molar-refractivity contribution in [2.45, 2.75) is 26.1 Å². The molecule has 0 heterocycles. The molecule has 0 saturated carbocycles. The standard InChI is InChI=1S/C25H22N2O3/c1-19(30-25(29)23-14-12-20(16-26)13-15-23)24(28)27(17-21-8-4-2-5-9-21)18-22-10-6-3-7-11-22/h2-15,19H,17-18H2,1H3/t19-/m1/s1. The van der Waals surface area contributed by atoms with Crippen LogP contribution in [0.3, 0.4) is 0 Å². The molecule has 0 N–H and O–H groups in total. The summed E-state index contributed by atoms with van der Waals surface area (Å²) in [6.07, 6.45) is -0.944. The van der Waals surface area contributed by atoms with Crippen molar-refractivity contribution in [1.29, 1.82) is 5.26 Å². The maximum atomic E-state index is 13.1. The zero-order chi connectivity index (χ0) is 21.3. The molecule has 1 atom stereocenters. The third-order valence-corrected chi connectivity index (χ3v) is 4.63. The van der Waals surface area contributed by atoms with Gasteiger partial charge in [-0.3, -0.25) is 4.79 Å². The molecule has 0 aliphatic rings. The number of rotatable bonds is 7. The van der Waals surface area contributed by atoms with Crippen molar-refractivity contribution in [3.63, 3.8) is 0 Å². The molecule has 0 aliphatic carbocycles. The van der Waals surface area contributed by atoms with E-state index >= 15 is 0 Å². The van der Waals surface area contributed by atoms with Crippen LogP contribution < -0.4 is 0 Å². The SMILES string of the molecule is C[C@@H](OC(=O)c1ccc(C#N)cc1)C(=O)N(Cc1ccccc1)Cc1ccccc1. The first kappa shape index (κ1) is 20.8. The molecule has 0 spiro atoms. The van der Waals surface area contributed by atoms with Crippen LogP contribution in [-0.2, 0) is 22.6 Å². The lowest BCUT2D eigenvalue weighted by Gasteiger charge is -2.26. The van der Waals surface area contributed by atoms with Gasteiger partial charge in [-0.1, -0.05) is 60.7 Å². The molecular weight excluding hydrogens is 376 g/mol. The summed E-state index contributed by atoms with van der Waals surface area (Å²) in [4.78, 5) is 27.2. The average Bonchev–Trinajstić information content (AvgIpc) is 2.79. The Kier molecular flexibility index (Phi) is 6.96. The molecule has 5 nitrogen and oxygen atoms in total. The maximum absolute atomic E-state index is 13.1. The van der Waals surface area contributed by atoms with Crippen molar-refractivity contribution in [3.05, 3.63) is 107 Å². The van der Waals surface area contributed by atoms with Crippen molar-refractivity contribution < 1.29 is 14.3 Å². The summed E-state index contributed by atoms with van der Waals surface area (Å²) >= 11 is 0. The number of ether oxygens (including phenoxy) is 1. The molecular formula is C25H22N2O3. The van der Waals surface area contributed by atoms with E-state index in [4.69, 9.17) is 10.00 Å². The predicted octanol–water partition coefficient (Wildman–Crippen LogP) is 4.33. The highest BCUT2D eigenvalue weighted by molar-refractivity contribution is 5.92. The van der Waals surface area contributed by atoms with Crippen molar-refractivity contribution in [1.82, 2.24) is 4.90 Å². The van der Waals surface area contributed by atoms with Gasteiger partial charge in [0.1, 0.15) is 0 Å². The average molecular weight is 398 g/mol. The Balaban J connectivity index is 1.73. The number of carbonyl (C=O) groups is 2. The third kappa shape index (κ3) is 5.55. The number of esters is 1. The number of hydrogen-bond donors (Lipinski definition) is 0.